The average molecular weight is 556 g/mol. The van der Waals surface area contributed by atoms with Crippen LogP contribution in [0.4, 0.5) is 0 Å². The highest BCUT2D eigenvalue weighted by Crippen LogP contribution is 2.78. The summed E-state index contributed by atoms with van der Waals surface area (Å²) in [6.07, 6.45) is 0. The van der Waals surface area contributed by atoms with Crippen molar-refractivity contribution in [3.05, 3.63) is 92.9 Å². The van der Waals surface area contributed by atoms with E-state index in [0.29, 0.717) is 16.9 Å². The molecule has 3 aromatic rings. The van der Waals surface area contributed by atoms with E-state index in [2.05, 4.69) is 31.9 Å². The van der Waals surface area contributed by atoms with Gasteiger partial charge in [0.25, 0.3) is 0 Å². The molecule has 1 aliphatic heterocycles. The molecule has 3 atom stereocenters. The lowest BCUT2D eigenvalue weighted by atomic mass is 9.87. The molecule has 0 radical (unpaired) electrons. The fraction of sp³-hybridized carbons (Fsp3) is 0.160. The van der Waals surface area contributed by atoms with Crippen LogP contribution in [-0.4, -0.2) is 17.7 Å². The van der Waals surface area contributed by atoms with Gasteiger partial charge in [-0.25, -0.2) is 0 Å². The molecule has 5 nitrogen and oxygen atoms in total. The third kappa shape index (κ3) is 2.84. The highest BCUT2D eigenvalue weighted by Gasteiger charge is 2.89. The van der Waals surface area contributed by atoms with Gasteiger partial charge in [0.1, 0.15) is 11.5 Å². The molecular formula is C25H16Br2O5. The summed E-state index contributed by atoms with van der Waals surface area (Å²) in [7, 11) is 0. The molecule has 0 bridgehead atoms. The fourth-order valence-corrected chi connectivity index (χ4v) is 5.33. The molecule has 0 saturated heterocycles. The third-order valence-corrected chi connectivity index (χ3v) is 7.48. The van der Waals surface area contributed by atoms with E-state index in [1.807, 2.05) is 0 Å². The lowest BCUT2D eigenvalue weighted by Gasteiger charge is -2.22. The summed E-state index contributed by atoms with van der Waals surface area (Å²) >= 11 is 6.71. The molecule has 0 aromatic heterocycles. The topological polar surface area (TPSA) is 69.7 Å². The summed E-state index contributed by atoms with van der Waals surface area (Å²) in [5, 5.41) is 0. The summed E-state index contributed by atoms with van der Waals surface area (Å²) in [6.45, 7) is 1.65. The van der Waals surface area contributed by atoms with E-state index in [-0.39, 0.29) is 11.5 Å². The number of halogens is 2. The zero-order chi connectivity index (χ0) is 22.7. The molecule has 0 amide bonds. The van der Waals surface area contributed by atoms with Gasteiger partial charge in [0.2, 0.25) is 0 Å². The number of Topliss-reactive ketones (excluding diaryl/α,β-unsaturated/α-hetero) is 1. The number of ketones is 1. The van der Waals surface area contributed by atoms with Gasteiger partial charge in [0.05, 0.1) is 5.41 Å². The van der Waals surface area contributed by atoms with Crippen LogP contribution in [0.5, 0.6) is 11.5 Å². The van der Waals surface area contributed by atoms with E-state index in [1.54, 1.807) is 79.7 Å². The van der Waals surface area contributed by atoms with Crippen molar-refractivity contribution >= 4 is 49.6 Å². The van der Waals surface area contributed by atoms with Gasteiger partial charge in [0, 0.05) is 26.0 Å². The number of hydrogen-bond donors (Lipinski definition) is 0. The summed E-state index contributed by atoms with van der Waals surface area (Å²) in [5.41, 5.74) is -2.06. The minimum absolute atomic E-state index is 0.281. The molecule has 0 spiro atoms. The van der Waals surface area contributed by atoms with Crippen LogP contribution in [0.1, 0.15) is 28.8 Å². The first-order valence-electron chi connectivity index (χ1n) is 9.89. The van der Waals surface area contributed by atoms with Crippen molar-refractivity contribution in [1.29, 1.82) is 0 Å². The number of hydrogen-bond acceptors (Lipinski definition) is 5. The summed E-state index contributed by atoms with van der Waals surface area (Å²) in [6, 6.07) is 20.5. The van der Waals surface area contributed by atoms with Crippen LogP contribution in [0.2, 0.25) is 0 Å². The van der Waals surface area contributed by atoms with Gasteiger partial charge in [-0.1, -0.05) is 62.2 Å². The first kappa shape index (κ1) is 21.1. The molecule has 2 aliphatic rings. The molecule has 7 heteroatoms. The highest BCUT2D eigenvalue weighted by atomic mass is 79.9. The number of fused-ring (bicyclic) bond motifs is 3. The van der Waals surface area contributed by atoms with Crippen LogP contribution in [0.3, 0.4) is 0 Å². The van der Waals surface area contributed by atoms with Gasteiger partial charge in [-0.15, -0.1) is 0 Å². The quantitative estimate of drug-likeness (QED) is 0.178. The second kappa shape index (κ2) is 7.39. The Hall–Kier alpha value is -2.77. The summed E-state index contributed by atoms with van der Waals surface area (Å²) in [5.74, 6) is -1.92. The van der Waals surface area contributed by atoms with Crippen molar-refractivity contribution in [2.24, 2.45) is 10.8 Å². The van der Waals surface area contributed by atoms with Gasteiger partial charge in [-0.05, 0) is 49.4 Å². The van der Waals surface area contributed by atoms with E-state index in [4.69, 9.17) is 9.47 Å². The molecule has 1 heterocycles. The zero-order valence-electron chi connectivity index (χ0n) is 16.8. The maximum Gasteiger partial charge on any atom is 0.330 e. The highest BCUT2D eigenvalue weighted by molar-refractivity contribution is 9.10. The second-order valence-electron chi connectivity index (χ2n) is 8.05. The number of para-hydroxylation sites is 1. The second-order valence-corrected chi connectivity index (χ2v) is 9.88. The van der Waals surface area contributed by atoms with E-state index < -0.39 is 28.7 Å². The maximum atomic E-state index is 13.7. The minimum Gasteiger partial charge on any atom is -0.426 e. The predicted molar refractivity (Wildman–Crippen MR) is 124 cm³/mol. The Morgan fingerprint density at radius 3 is 2.16 bits per heavy atom. The van der Waals surface area contributed by atoms with Crippen LogP contribution < -0.4 is 9.47 Å². The lowest BCUT2D eigenvalue weighted by Crippen LogP contribution is -2.41. The Balaban J connectivity index is 1.62. The van der Waals surface area contributed by atoms with Gasteiger partial charge >= 0.3 is 11.9 Å². The van der Waals surface area contributed by atoms with E-state index in [9.17, 15) is 14.4 Å². The Kier molecular flexibility index (Phi) is 4.87. The van der Waals surface area contributed by atoms with E-state index in [0.717, 1.165) is 8.95 Å². The average Bonchev–Trinajstić information content (AvgIpc) is 3.39. The van der Waals surface area contributed by atoms with Crippen molar-refractivity contribution in [3.8, 4) is 11.5 Å². The molecule has 160 valence electrons. The van der Waals surface area contributed by atoms with Crippen LogP contribution >= 0.6 is 31.9 Å². The molecule has 5 rings (SSSR count). The molecule has 1 aliphatic carbocycles. The smallest absolute Gasteiger partial charge is 0.330 e. The van der Waals surface area contributed by atoms with Crippen LogP contribution in [0.15, 0.2) is 81.7 Å². The molecule has 0 unspecified atom stereocenters. The summed E-state index contributed by atoms with van der Waals surface area (Å²) < 4.78 is 12.8. The van der Waals surface area contributed by atoms with Crippen molar-refractivity contribution in [1.82, 2.24) is 0 Å². The first-order chi connectivity index (χ1) is 15.3. The number of carbonyl (C=O) groups excluding carboxylic acids is 3. The number of carbonyl (C=O) groups is 3. The number of benzene rings is 3. The number of ether oxygens (including phenoxy) is 2. The van der Waals surface area contributed by atoms with E-state index in [1.165, 1.54) is 0 Å². The van der Waals surface area contributed by atoms with Gasteiger partial charge in [-0.2, -0.15) is 0 Å². The molecule has 1 saturated carbocycles. The number of esters is 2. The summed E-state index contributed by atoms with van der Waals surface area (Å²) in [4.78, 5) is 40.6. The largest absolute Gasteiger partial charge is 0.426 e. The van der Waals surface area contributed by atoms with Crippen LogP contribution in [0, 0.1) is 10.8 Å². The number of rotatable bonds is 4. The Morgan fingerprint density at radius 1 is 0.906 bits per heavy atom. The van der Waals surface area contributed by atoms with E-state index >= 15 is 0 Å². The Bertz CT molecular complexity index is 1270. The van der Waals surface area contributed by atoms with Crippen molar-refractivity contribution < 1.29 is 23.9 Å². The molecular weight excluding hydrogens is 540 g/mol. The fourth-order valence-electron chi connectivity index (χ4n) is 4.80. The van der Waals surface area contributed by atoms with Crippen LogP contribution in [0.25, 0.3) is 0 Å². The molecule has 1 fully saturated rings. The Labute approximate surface area is 201 Å². The van der Waals surface area contributed by atoms with Gasteiger partial charge in [-0.3, -0.25) is 14.4 Å². The van der Waals surface area contributed by atoms with Gasteiger partial charge in [0.15, 0.2) is 11.2 Å². The normalized spacial score (nSPS) is 25.2. The first-order valence-corrected chi connectivity index (χ1v) is 11.5. The zero-order valence-corrected chi connectivity index (χ0v) is 20.0. The minimum atomic E-state index is -1.77. The van der Waals surface area contributed by atoms with Gasteiger partial charge < -0.3 is 9.47 Å². The monoisotopic (exact) mass is 554 g/mol. The standard InChI is InChI=1S/C25H16Br2O5/c1-24(21(28)14-6-8-15(26)9-7-14)20-18-4-2-3-5-19(18)32-23(30)25(20,24)22(29)31-17-12-10-16(27)11-13-17/h2-13,20H,1H3/t20-,24+,25+/m1/s1. The Morgan fingerprint density at radius 2 is 1.50 bits per heavy atom. The van der Waals surface area contributed by atoms with Crippen molar-refractivity contribution in [3.63, 3.8) is 0 Å². The maximum absolute atomic E-state index is 13.7. The predicted octanol–water partition coefficient (Wildman–Crippen LogP) is 5.71. The molecule has 0 N–H and O–H groups in total. The lowest BCUT2D eigenvalue weighted by molar-refractivity contribution is -0.156. The SMILES string of the molecule is C[C@@]1(C(=O)c2ccc(Br)cc2)[C@H]2c3ccccc3OC(=O)[C@@]21C(=O)Oc1ccc(Br)cc1. The third-order valence-electron chi connectivity index (χ3n) is 6.43. The van der Waals surface area contributed by atoms with Crippen molar-refractivity contribution in [2.45, 2.75) is 12.8 Å². The molecule has 3 aromatic carbocycles. The molecule has 32 heavy (non-hydrogen) atoms. The van der Waals surface area contributed by atoms with Crippen LogP contribution in [-0.2, 0) is 9.59 Å². The van der Waals surface area contributed by atoms with Crippen molar-refractivity contribution in [2.75, 3.05) is 0 Å².